The highest BCUT2D eigenvalue weighted by Gasteiger charge is 2.49. The van der Waals surface area contributed by atoms with Gasteiger partial charge in [0.25, 0.3) is 0 Å². The van der Waals surface area contributed by atoms with Crippen LogP contribution in [-0.4, -0.2) is 24.4 Å². The maximum absolute atomic E-state index is 5.70. The number of fused-ring (bicyclic) bond motifs is 2. The van der Waals surface area contributed by atoms with Crippen molar-refractivity contribution >= 4 is 0 Å². The Morgan fingerprint density at radius 1 is 1.05 bits per heavy atom. The molecular weight excluding hydrogens is 236 g/mol. The molecule has 19 heavy (non-hydrogen) atoms. The molecule has 0 spiro atoms. The average molecular weight is 264 g/mol. The third kappa shape index (κ3) is 2.58. The van der Waals surface area contributed by atoms with Gasteiger partial charge < -0.3 is 9.47 Å². The van der Waals surface area contributed by atoms with Crippen LogP contribution in [0.15, 0.2) is 0 Å². The first kappa shape index (κ1) is 12.6. The predicted molar refractivity (Wildman–Crippen MR) is 75.0 cm³/mol. The summed E-state index contributed by atoms with van der Waals surface area (Å²) in [5.41, 5.74) is 0.569. The lowest BCUT2D eigenvalue weighted by Gasteiger charge is -2.34. The topological polar surface area (TPSA) is 25.1 Å². The number of hydrogen-bond acceptors (Lipinski definition) is 2. The largest absolute Gasteiger partial charge is 0.370 e. The molecule has 2 nitrogen and oxygen atoms in total. The normalized spacial score (nSPS) is 53.1. The molecule has 0 aromatic heterocycles. The zero-order chi connectivity index (χ0) is 13.0. The van der Waals surface area contributed by atoms with Crippen molar-refractivity contribution in [3.05, 3.63) is 0 Å². The molecule has 4 fully saturated rings. The van der Waals surface area contributed by atoms with Crippen molar-refractivity contribution in [1.29, 1.82) is 0 Å². The lowest BCUT2D eigenvalue weighted by molar-refractivity contribution is 0.175. The van der Waals surface area contributed by atoms with Gasteiger partial charge in [0.2, 0.25) is 0 Å². The SMILES string of the molecule is CC(CCC1(C)CCC2OC2C1)C1CCC2OC2C1. The molecular formula is C17H28O2. The van der Waals surface area contributed by atoms with Gasteiger partial charge in [0, 0.05) is 0 Å². The Morgan fingerprint density at radius 2 is 1.84 bits per heavy atom. The van der Waals surface area contributed by atoms with Crippen molar-refractivity contribution in [2.24, 2.45) is 17.3 Å². The second-order valence-corrected chi connectivity index (χ2v) is 8.07. The third-order valence-corrected chi connectivity index (χ3v) is 6.47. The van der Waals surface area contributed by atoms with Crippen molar-refractivity contribution in [1.82, 2.24) is 0 Å². The van der Waals surface area contributed by atoms with Crippen LogP contribution in [0.4, 0.5) is 0 Å². The van der Waals surface area contributed by atoms with Crippen LogP contribution in [0.1, 0.15) is 65.2 Å². The molecule has 0 bridgehead atoms. The minimum Gasteiger partial charge on any atom is -0.370 e. The molecule has 2 heteroatoms. The fourth-order valence-corrected chi connectivity index (χ4v) is 4.68. The molecule has 2 aliphatic heterocycles. The van der Waals surface area contributed by atoms with E-state index >= 15 is 0 Å². The number of rotatable bonds is 4. The Hall–Kier alpha value is -0.0800. The van der Waals surface area contributed by atoms with Crippen LogP contribution in [0, 0.1) is 17.3 Å². The van der Waals surface area contributed by atoms with Gasteiger partial charge in [-0.05, 0) is 68.6 Å². The number of hydrogen-bond donors (Lipinski definition) is 0. The van der Waals surface area contributed by atoms with Crippen molar-refractivity contribution < 1.29 is 9.47 Å². The Balaban J connectivity index is 1.26. The fourth-order valence-electron chi connectivity index (χ4n) is 4.68. The van der Waals surface area contributed by atoms with E-state index in [2.05, 4.69) is 13.8 Å². The standard InChI is InChI=1S/C17H28O2/c1-11(12-3-4-13-15(9-12)18-13)5-7-17(2)8-6-14-16(10-17)19-14/h11-16H,3-10H2,1-2H3. The molecule has 2 saturated carbocycles. The summed E-state index contributed by atoms with van der Waals surface area (Å²) in [5.74, 6) is 1.82. The molecule has 2 aliphatic carbocycles. The lowest BCUT2D eigenvalue weighted by Crippen LogP contribution is -2.27. The Labute approximate surface area is 117 Å². The fraction of sp³-hybridized carbons (Fsp3) is 1.00. The molecule has 0 aromatic carbocycles. The van der Waals surface area contributed by atoms with E-state index in [0.29, 0.717) is 29.8 Å². The van der Waals surface area contributed by atoms with Crippen LogP contribution < -0.4 is 0 Å². The summed E-state index contributed by atoms with van der Waals surface area (Å²) in [4.78, 5) is 0. The molecule has 2 saturated heterocycles. The molecule has 0 N–H and O–H groups in total. The monoisotopic (exact) mass is 264 g/mol. The van der Waals surface area contributed by atoms with Gasteiger partial charge in [0.1, 0.15) is 0 Å². The Morgan fingerprint density at radius 3 is 2.63 bits per heavy atom. The van der Waals surface area contributed by atoms with Gasteiger partial charge in [0.15, 0.2) is 0 Å². The Bertz CT molecular complexity index is 355. The van der Waals surface area contributed by atoms with Crippen molar-refractivity contribution in [3.8, 4) is 0 Å². The Kier molecular flexibility index (Phi) is 2.97. The predicted octanol–water partition coefficient (Wildman–Crippen LogP) is 3.93. The summed E-state index contributed by atoms with van der Waals surface area (Å²) in [7, 11) is 0. The first-order valence-electron chi connectivity index (χ1n) is 8.44. The van der Waals surface area contributed by atoms with Gasteiger partial charge in [-0.2, -0.15) is 0 Å². The molecule has 0 radical (unpaired) electrons. The van der Waals surface area contributed by atoms with Crippen LogP contribution in [-0.2, 0) is 9.47 Å². The summed E-state index contributed by atoms with van der Waals surface area (Å²) in [5, 5.41) is 0. The van der Waals surface area contributed by atoms with Crippen molar-refractivity contribution in [3.63, 3.8) is 0 Å². The van der Waals surface area contributed by atoms with Gasteiger partial charge in [0.05, 0.1) is 24.4 Å². The maximum atomic E-state index is 5.70. The van der Waals surface area contributed by atoms with Crippen LogP contribution in [0.3, 0.4) is 0 Å². The van der Waals surface area contributed by atoms with E-state index in [1.807, 2.05) is 0 Å². The summed E-state index contributed by atoms with van der Waals surface area (Å²) in [6, 6.07) is 0. The van der Waals surface area contributed by atoms with E-state index in [4.69, 9.17) is 9.47 Å². The first-order chi connectivity index (χ1) is 9.13. The molecule has 7 atom stereocenters. The summed E-state index contributed by atoms with van der Waals surface area (Å²) in [6.07, 6.45) is 13.5. The summed E-state index contributed by atoms with van der Waals surface area (Å²) < 4.78 is 11.4. The second kappa shape index (κ2) is 4.46. The van der Waals surface area contributed by atoms with E-state index in [0.717, 1.165) is 11.8 Å². The smallest absolute Gasteiger partial charge is 0.0847 e. The second-order valence-electron chi connectivity index (χ2n) is 8.07. The molecule has 4 rings (SSSR count). The van der Waals surface area contributed by atoms with Gasteiger partial charge in [-0.15, -0.1) is 0 Å². The summed E-state index contributed by atoms with van der Waals surface area (Å²) in [6.45, 7) is 4.98. The zero-order valence-corrected chi connectivity index (χ0v) is 12.4. The molecule has 4 aliphatic rings. The first-order valence-corrected chi connectivity index (χ1v) is 8.44. The van der Waals surface area contributed by atoms with Gasteiger partial charge >= 0.3 is 0 Å². The molecule has 7 unspecified atom stereocenters. The highest BCUT2D eigenvalue weighted by atomic mass is 16.6. The molecule has 2 heterocycles. The lowest BCUT2D eigenvalue weighted by atomic mass is 9.70. The highest BCUT2D eigenvalue weighted by molar-refractivity contribution is 4.98. The van der Waals surface area contributed by atoms with E-state index in [1.165, 1.54) is 51.4 Å². The average Bonchev–Trinajstić information content (AvgIpc) is 3.28. The third-order valence-electron chi connectivity index (χ3n) is 6.47. The number of ether oxygens (including phenoxy) is 2. The van der Waals surface area contributed by atoms with Crippen LogP contribution >= 0.6 is 0 Å². The number of epoxide rings is 2. The van der Waals surface area contributed by atoms with Crippen LogP contribution in [0.5, 0.6) is 0 Å². The van der Waals surface area contributed by atoms with E-state index in [1.54, 1.807) is 0 Å². The quantitative estimate of drug-likeness (QED) is 0.719. The van der Waals surface area contributed by atoms with E-state index < -0.39 is 0 Å². The van der Waals surface area contributed by atoms with Gasteiger partial charge in [-0.3, -0.25) is 0 Å². The minimum absolute atomic E-state index is 0.569. The van der Waals surface area contributed by atoms with Crippen molar-refractivity contribution in [2.45, 2.75) is 89.6 Å². The van der Waals surface area contributed by atoms with E-state index in [9.17, 15) is 0 Å². The minimum atomic E-state index is 0.569. The molecule has 108 valence electrons. The van der Waals surface area contributed by atoms with Crippen molar-refractivity contribution in [2.75, 3.05) is 0 Å². The zero-order valence-electron chi connectivity index (χ0n) is 12.4. The molecule has 0 aromatic rings. The van der Waals surface area contributed by atoms with E-state index in [-0.39, 0.29) is 0 Å². The summed E-state index contributed by atoms with van der Waals surface area (Å²) >= 11 is 0. The van der Waals surface area contributed by atoms with Gasteiger partial charge in [-0.25, -0.2) is 0 Å². The van der Waals surface area contributed by atoms with Crippen LogP contribution in [0.2, 0.25) is 0 Å². The van der Waals surface area contributed by atoms with Crippen LogP contribution in [0.25, 0.3) is 0 Å². The molecule has 0 amide bonds. The maximum Gasteiger partial charge on any atom is 0.0847 e. The highest BCUT2D eigenvalue weighted by Crippen LogP contribution is 2.50. The van der Waals surface area contributed by atoms with Gasteiger partial charge in [-0.1, -0.05) is 13.8 Å².